The van der Waals surface area contributed by atoms with Gasteiger partial charge in [0, 0.05) is 31.3 Å². The molecule has 0 saturated carbocycles. The van der Waals surface area contributed by atoms with Crippen LogP contribution in [0.15, 0.2) is 88.5 Å². The molecule has 0 unspecified atom stereocenters. The van der Waals surface area contributed by atoms with Crippen LogP contribution in [0, 0.1) is 0 Å². The van der Waals surface area contributed by atoms with E-state index >= 15 is 0 Å². The highest BCUT2D eigenvalue weighted by atomic mass is 16.4. The Kier molecular flexibility index (Phi) is 6.27. The van der Waals surface area contributed by atoms with Gasteiger partial charge in [-0.15, -0.1) is 10.2 Å². The number of hydrogen-bond acceptors (Lipinski definition) is 10. The molecule has 4 N–H and O–H groups in total. The van der Waals surface area contributed by atoms with E-state index in [1.807, 2.05) is 42.5 Å². The molecule has 4 aromatic heterocycles. The second-order valence-electron chi connectivity index (χ2n) is 8.76. The Morgan fingerprint density at radius 2 is 1.90 bits per heavy atom. The van der Waals surface area contributed by atoms with Crippen LogP contribution < -0.4 is 16.2 Å². The van der Waals surface area contributed by atoms with Crippen molar-refractivity contribution in [1.29, 1.82) is 0 Å². The smallest absolute Gasteiger partial charge is 0.271 e. The molecule has 0 amide bonds. The lowest BCUT2D eigenvalue weighted by Gasteiger charge is -2.19. The number of benzene rings is 2. The Morgan fingerprint density at radius 1 is 1.05 bits per heavy atom. The minimum absolute atomic E-state index is 0.160. The zero-order chi connectivity index (χ0) is 26.8. The molecule has 0 bridgehead atoms. The number of aliphatic hydroxyl groups excluding tert-OH is 1. The standard InChI is InChI=1S/C27H23N9O3/c1-36-22-12-18(9-10-19(22)24(38)35-36)30-27-29-14-20(26-34-33-25(39-26)17-8-5-11-28-13-17)23(32-27)31-21(15-37)16-6-3-2-4-7-16/h2-14,21,37H,15H2,1H3,(H,35,38)(H2,29,30,31,32)/t21-/m1/s1. The van der Waals surface area contributed by atoms with E-state index in [1.54, 1.807) is 48.5 Å². The molecular weight excluding hydrogens is 498 g/mol. The van der Waals surface area contributed by atoms with Crippen LogP contribution in [-0.4, -0.2) is 46.6 Å². The van der Waals surface area contributed by atoms with Crippen molar-refractivity contribution in [3.8, 4) is 22.9 Å². The van der Waals surface area contributed by atoms with Crippen molar-refractivity contribution >= 4 is 28.4 Å². The molecule has 0 aliphatic heterocycles. The van der Waals surface area contributed by atoms with Crippen LogP contribution in [0.25, 0.3) is 33.8 Å². The van der Waals surface area contributed by atoms with Crippen molar-refractivity contribution in [1.82, 2.24) is 34.9 Å². The first-order chi connectivity index (χ1) is 19.1. The van der Waals surface area contributed by atoms with Crippen LogP contribution in [0.2, 0.25) is 0 Å². The first-order valence-electron chi connectivity index (χ1n) is 12.1. The Labute approximate surface area is 221 Å². The normalized spacial score (nSPS) is 11.9. The summed E-state index contributed by atoms with van der Waals surface area (Å²) in [7, 11) is 1.77. The summed E-state index contributed by atoms with van der Waals surface area (Å²) in [6, 6.07) is 18.0. The molecule has 0 spiro atoms. The van der Waals surface area contributed by atoms with Gasteiger partial charge in [-0.25, -0.2) is 4.98 Å². The van der Waals surface area contributed by atoms with Crippen molar-refractivity contribution in [3.05, 3.63) is 95.2 Å². The maximum atomic E-state index is 12.1. The molecule has 12 nitrogen and oxygen atoms in total. The van der Waals surface area contributed by atoms with Crippen LogP contribution in [0.1, 0.15) is 11.6 Å². The Hall–Kier alpha value is -5.36. The van der Waals surface area contributed by atoms with Crippen LogP contribution >= 0.6 is 0 Å². The number of aliphatic hydroxyl groups is 1. The lowest BCUT2D eigenvalue weighted by Crippen LogP contribution is -2.17. The van der Waals surface area contributed by atoms with Crippen molar-refractivity contribution in [3.63, 3.8) is 0 Å². The van der Waals surface area contributed by atoms with Gasteiger partial charge in [0.15, 0.2) is 0 Å². The van der Waals surface area contributed by atoms with E-state index in [1.165, 1.54) is 0 Å². The van der Waals surface area contributed by atoms with E-state index in [0.29, 0.717) is 33.9 Å². The third-order valence-electron chi connectivity index (χ3n) is 6.18. The third-order valence-corrected chi connectivity index (χ3v) is 6.18. The number of H-pyrrole nitrogens is 1. The van der Waals surface area contributed by atoms with E-state index in [2.05, 4.69) is 40.9 Å². The summed E-state index contributed by atoms with van der Waals surface area (Å²) in [4.78, 5) is 25.3. The maximum Gasteiger partial charge on any atom is 0.271 e. The number of pyridine rings is 1. The molecule has 0 aliphatic rings. The predicted octanol–water partition coefficient (Wildman–Crippen LogP) is 3.66. The quantitative estimate of drug-likeness (QED) is 0.233. The molecule has 4 heterocycles. The van der Waals surface area contributed by atoms with E-state index in [4.69, 9.17) is 4.42 Å². The fourth-order valence-corrected chi connectivity index (χ4v) is 4.21. The number of fused-ring (bicyclic) bond motifs is 1. The summed E-state index contributed by atoms with van der Waals surface area (Å²) >= 11 is 0. The summed E-state index contributed by atoms with van der Waals surface area (Å²) in [6.45, 7) is -0.181. The van der Waals surface area contributed by atoms with Crippen molar-refractivity contribution in [2.24, 2.45) is 7.05 Å². The molecule has 0 aliphatic carbocycles. The summed E-state index contributed by atoms with van der Waals surface area (Å²) in [5, 5.41) is 28.3. The van der Waals surface area contributed by atoms with Crippen molar-refractivity contribution < 1.29 is 9.52 Å². The van der Waals surface area contributed by atoms with Gasteiger partial charge in [0.2, 0.25) is 11.8 Å². The Morgan fingerprint density at radius 3 is 2.69 bits per heavy atom. The van der Waals surface area contributed by atoms with Crippen LogP contribution in [-0.2, 0) is 7.05 Å². The first kappa shape index (κ1) is 24.0. The molecule has 194 valence electrons. The number of aromatic amines is 1. The number of hydrogen-bond donors (Lipinski definition) is 4. The van der Waals surface area contributed by atoms with Gasteiger partial charge in [-0.2, -0.15) is 4.98 Å². The number of aryl methyl sites for hydroxylation is 1. The number of anilines is 3. The van der Waals surface area contributed by atoms with E-state index in [9.17, 15) is 9.90 Å². The SMILES string of the molecule is Cn1[nH]c(=O)c2ccc(Nc3ncc(-c4nnc(-c5cccnc5)o4)c(N[C@H](CO)c4ccccc4)n3)cc21. The highest BCUT2D eigenvalue weighted by Crippen LogP contribution is 2.31. The van der Waals surface area contributed by atoms with Gasteiger partial charge in [0.1, 0.15) is 5.82 Å². The van der Waals surface area contributed by atoms with Crippen LogP contribution in [0.4, 0.5) is 17.5 Å². The maximum absolute atomic E-state index is 12.1. The molecule has 6 aromatic rings. The van der Waals surface area contributed by atoms with E-state index in [0.717, 1.165) is 11.1 Å². The zero-order valence-corrected chi connectivity index (χ0v) is 20.7. The lowest BCUT2D eigenvalue weighted by molar-refractivity contribution is 0.276. The fourth-order valence-electron chi connectivity index (χ4n) is 4.21. The summed E-state index contributed by atoms with van der Waals surface area (Å²) in [6.07, 6.45) is 4.87. The molecule has 39 heavy (non-hydrogen) atoms. The fraction of sp³-hybridized carbons (Fsp3) is 0.111. The topological polar surface area (TPSA) is 160 Å². The predicted molar refractivity (Wildman–Crippen MR) is 145 cm³/mol. The largest absolute Gasteiger partial charge is 0.416 e. The van der Waals surface area contributed by atoms with Gasteiger partial charge in [0.25, 0.3) is 11.4 Å². The van der Waals surface area contributed by atoms with Gasteiger partial charge in [0.05, 0.1) is 34.7 Å². The van der Waals surface area contributed by atoms with E-state index in [-0.39, 0.29) is 24.0 Å². The van der Waals surface area contributed by atoms with Gasteiger partial charge in [-0.05, 0) is 35.9 Å². The molecule has 0 fully saturated rings. The molecule has 1 atom stereocenters. The second kappa shape index (κ2) is 10.2. The third kappa shape index (κ3) is 4.83. The highest BCUT2D eigenvalue weighted by molar-refractivity contribution is 5.83. The van der Waals surface area contributed by atoms with Crippen molar-refractivity contribution in [2.45, 2.75) is 6.04 Å². The summed E-state index contributed by atoms with van der Waals surface area (Å²) in [5.41, 5.74) is 3.28. The molecular formula is C27H23N9O3. The number of aromatic nitrogens is 7. The average molecular weight is 522 g/mol. The molecule has 0 radical (unpaired) electrons. The molecule has 0 saturated heterocycles. The van der Waals surface area contributed by atoms with Gasteiger partial charge in [-0.1, -0.05) is 30.3 Å². The monoisotopic (exact) mass is 521 g/mol. The Balaban J connectivity index is 1.38. The summed E-state index contributed by atoms with van der Waals surface area (Å²) in [5.74, 6) is 1.18. The lowest BCUT2D eigenvalue weighted by atomic mass is 10.1. The number of nitrogens with zero attached hydrogens (tertiary/aromatic N) is 6. The molecule has 2 aromatic carbocycles. The second-order valence-corrected chi connectivity index (χ2v) is 8.76. The Bertz CT molecular complexity index is 1800. The van der Waals surface area contributed by atoms with Crippen molar-refractivity contribution in [2.75, 3.05) is 17.2 Å². The first-order valence-corrected chi connectivity index (χ1v) is 12.1. The number of rotatable bonds is 8. The van der Waals surface area contributed by atoms with Crippen LogP contribution in [0.5, 0.6) is 0 Å². The number of nitrogens with one attached hydrogen (secondary N) is 3. The van der Waals surface area contributed by atoms with Gasteiger partial charge < -0.3 is 20.2 Å². The van der Waals surface area contributed by atoms with E-state index < -0.39 is 6.04 Å². The minimum atomic E-state index is -0.459. The minimum Gasteiger partial charge on any atom is -0.416 e. The zero-order valence-electron chi connectivity index (χ0n) is 20.7. The molecule has 6 rings (SSSR count). The van der Waals surface area contributed by atoms with Gasteiger partial charge in [-0.3, -0.25) is 19.6 Å². The average Bonchev–Trinajstić information content (AvgIpc) is 3.57. The highest BCUT2D eigenvalue weighted by Gasteiger charge is 2.20. The molecule has 12 heteroatoms. The summed E-state index contributed by atoms with van der Waals surface area (Å²) < 4.78 is 7.59. The van der Waals surface area contributed by atoms with Gasteiger partial charge >= 0.3 is 0 Å². The van der Waals surface area contributed by atoms with Crippen LogP contribution in [0.3, 0.4) is 0 Å².